The third kappa shape index (κ3) is 2.21. The first-order chi connectivity index (χ1) is 8.81. The monoisotopic (exact) mass is 264 g/mol. The van der Waals surface area contributed by atoms with Crippen LogP contribution in [0.4, 0.5) is 0 Å². The fourth-order valence-corrected chi connectivity index (χ4v) is 2.31. The molecule has 4 heteroatoms. The molecule has 1 aliphatic rings. The average Bonchev–Trinajstić information content (AvgIpc) is 2.25. The Bertz CT molecular complexity index is 495. The molecule has 0 saturated carbocycles. The summed E-state index contributed by atoms with van der Waals surface area (Å²) < 4.78 is 10.5. The zero-order valence-corrected chi connectivity index (χ0v) is 11.8. The number of carbonyl (C=O) groups is 1. The van der Waals surface area contributed by atoms with E-state index in [0.29, 0.717) is 0 Å². The summed E-state index contributed by atoms with van der Waals surface area (Å²) in [4.78, 5) is 11.5. The number of rotatable bonds is 3. The van der Waals surface area contributed by atoms with E-state index in [1.54, 1.807) is 7.11 Å². The second-order valence-electron chi connectivity index (χ2n) is 6.05. The molecule has 104 valence electrons. The van der Waals surface area contributed by atoms with Gasteiger partial charge in [0.25, 0.3) is 0 Å². The first-order valence-corrected chi connectivity index (χ1v) is 6.31. The van der Waals surface area contributed by atoms with E-state index in [-0.39, 0.29) is 18.6 Å². The fraction of sp³-hybridized carbons (Fsp3) is 0.533. The number of methoxy groups -OCH3 is 1. The molecule has 2 rings (SSSR count). The van der Waals surface area contributed by atoms with Crippen molar-refractivity contribution < 1.29 is 19.4 Å². The third-order valence-electron chi connectivity index (χ3n) is 3.67. The number of carboxylic acids is 1. The van der Waals surface area contributed by atoms with Crippen LogP contribution in [0.1, 0.15) is 31.9 Å². The lowest BCUT2D eigenvalue weighted by Crippen LogP contribution is -2.53. The first kappa shape index (κ1) is 13.9. The Kier molecular flexibility index (Phi) is 3.31. The summed E-state index contributed by atoms with van der Waals surface area (Å²) in [5.41, 5.74) is 0.801. The second kappa shape index (κ2) is 4.53. The number of aliphatic carboxylic acids is 1. The Balaban J connectivity index is 2.52. The summed E-state index contributed by atoms with van der Waals surface area (Å²) in [6.45, 7) is 6.72. The number of hydrogen-bond donors (Lipinski definition) is 1. The maximum absolute atomic E-state index is 11.5. The molecule has 0 spiro atoms. The lowest BCUT2D eigenvalue weighted by atomic mass is 9.75. The predicted molar refractivity (Wildman–Crippen MR) is 71.8 cm³/mol. The Labute approximate surface area is 113 Å². The quantitative estimate of drug-likeness (QED) is 0.910. The van der Waals surface area contributed by atoms with Crippen LogP contribution in [0.2, 0.25) is 0 Å². The van der Waals surface area contributed by atoms with E-state index >= 15 is 0 Å². The van der Waals surface area contributed by atoms with Crippen LogP contribution < -0.4 is 4.74 Å². The smallest absolute Gasteiger partial charge is 0.318 e. The van der Waals surface area contributed by atoms with Gasteiger partial charge in [-0.25, -0.2) is 0 Å². The average molecular weight is 264 g/mol. The van der Waals surface area contributed by atoms with E-state index in [9.17, 15) is 9.90 Å². The minimum absolute atomic E-state index is 0.106. The van der Waals surface area contributed by atoms with Gasteiger partial charge in [0.05, 0.1) is 20.3 Å². The molecule has 0 radical (unpaired) electrons. The van der Waals surface area contributed by atoms with Crippen LogP contribution in [0.5, 0.6) is 5.75 Å². The van der Waals surface area contributed by atoms with Gasteiger partial charge in [-0.05, 0) is 22.6 Å². The lowest BCUT2D eigenvalue weighted by molar-refractivity contribution is -0.163. The van der Waals surface area contributed by atoms with Crippen molar-refractivity contribution in [3.05, 3.63) is 29.3 Å². The number of benzene rings is 1. The van der Waals surface area contributed by atoms with Crippen molar-refractivity contribution in [1.82, 2.24) is 0 Å². The van der Waals surface area contributed by atoms with Crippen molar-refractivity contribution in [2.75, 3.05) is 20.3 Å². The van der Waals surface area contributed by atoms with E-state index in [2.05, 4.69) is 20.8 Å². The molecule has 1 saturated heterocycles. The van der Waals surface area contributed by atoms with E-state index in [1.165, 1.54) is 0 Å². The highest BCUT2D eigenvalue weighted by Gasteiger charge is 2.48. The Morgan fingerprint density at radius 2 is 2.00 bits per heavy atom. The molecule has 4 nitrogen and oxygen atoms in total. The van der Waals surface area contributed by atoms with Gasteiger partial charge in [-0.15, -0.1) is 0 Å². The van der Waals surface area contributed by atoms with E-state index < -0.39 is 11.4 Å². The molecular weight excluding hydrogens is 244 g/mol. The number of carboxylic acid groups (broad SMARTS) is 1. The van der Waals surface area contributed by atoms with Crippen LogP contribution >= 0.6 is 0 Å². The summed E-state index contributed by atoms with van der Waals surface area (Å²) in [6.07, 6.45) is 0. The summed E-state index contributed by atoms with van der Waals surface area (Å²) in [5.74, 6) is -0.0409. The van der Waals surface area contributed by atoms with Crippen LogP contribution in [0.25, 0.3) is 0 Å². The number of ether oxygens (including phenoxy) is 2. The maximum Gasteiger partial charge on any atom is 0.318 e. The molecule has 0 aromatic heterocycles. The van der Waals surface area contributed by atoms with Gasteiger partial charge in [-0.2, -0.15) is 0 Å². The van der Waals surface area contributed by atoms with E-state index in [1.807, 2.05) is 18.2 Å². The van der Waals surface area contributed by atoms with E-state index in [0.717, 1.165) is 16.9 Å². The zero-order chi connectivity index (χ0) is 14.3. The molecule has 1 fully saturated rings. The summed E-state index contributed by atoms with van der Waals surface area (Å²) in [6, 6.07) is 5.61. The SMILES string of the molecule is COc1ccc(C2(C(=O)O)COC2)cc1C(C)(C)C. The molecule has 0 atom stereocenters. The van der Waals surface area contributed by atoms with Gasteiger partial charge in [0, 0.05) is 0 Å². The third-order valence-corrected chi connectivity index (χ3v) is 3.67. The van der Waals surface area contributed by atoms with Crippen molar-refractivity contribution in [1.29, 1.82) is 0 Å². The summed E-state index contributed by atoms with van der Waals surface area (Å²) in [7, 11) is 1.63. The first-order valence-electron chi connectivity index (χ1n) is 6.31. The highest BCUT2D eigenvalue weighted by Crippen LogP contribution is 2.38. The summed E-state index contributed by atoms with van der Waals surface area (Å²) in [5, 5.41) is 9.45. The summed E-state index contributed by atoms with van der Waals surface area (Å²) >= 11 is 0. The van der Waals surface area contributed by atoms with Crippen molar-refractivity contribution in [2.45, 2.75) is 31.6 Å². The largest absolute Gasteiger partial charge is 0.496 e. The molecule has 19 heavy (non-hydrogen) atoms. The molecule has 1 N–H and O–H groups in total. The van der Waals surface area contributed by atoms with Crippen molar-refractivity contribution in [3.8, 4) is 5.75 Å². The Morgan fingerprint density at radius 1 is 1.37 bits per heavy atom. The highest BCUT2D eigenvalue weighted by atomic mass is 16.5. The molecule has 0 unspecified atom stereocenters. The highest BCUT2D eigenvalue weighted by molar-refractivity contribution is 5.83. The normalized spacial score (nSPS) is 17.7. The molecule has 0 bridgehead atoms. The molecule has 1 heterocycles. The topological polar surface area (TPSA) is 55.8 Å². The fourth-order valence-electron chi connectivity index (χ4n) is 2.31. The minimum atomic E-state index is -0.897. The van der Waals surface area contributed by atoms with Crippen LogP contribution in [0.15, 0.2) is 18.2 Å². The van der Waals surface area contributed by atoms with Crippen molar-refractivity contribution in [3.63, 3.8) is 0 Å². The second-order valence-corrected chi connectivity index (χ2v) is 6.05. The minimum Gasteiger partial charge on any atom is -0.496 e. The van der Waals surface area contributed by atoms with Gasteiger partial charge in [0.2, 0.25) is 0 Å². The molecule has 0 amide bonds. The van der Waals surface area contributed by atoms with Crippen LogP contribution in [0.3, 0.4) is 0 Å². The van der Waals surface area contributed by atoms with Gasteiger partial charge in [0.15, 0.2) is 0 Å². The molecule has 1 aromatic rings. The standard InChI is InChI=1S/C15H20O4/c1-14(2,3)11-7-10(5-6-12(11)18-4)15(13(16)17)8-19-9-15/h5-7H,8-9H2,1-4H3,(H,16,17). The lowest BCUT2D eigenvalue weighted by Gasteiger charge is -2.38. The van der Waals surface area contributed by atoms with Gasteiger partial charge in [-0.3, -0.25) is 4.79 Å². The van der Waals surface area contributed by atoms with Crippen LogP contribution in [0, 0.1) is 0 Å². The molecule has 1 aromatic carbocycles. The molecule has 1 aliphatic heterocycles. The van der Waals surface area contributed by atoms with E-state index in [4.69, 9.17) is 9.47 Å². The Hall–Kier alpha value is -1.55. The van der Waals surface area contributed by atoms with Crippen LogP contribution in [-0.2, 0) is 20.4 Å². The van der Waals surface area contributed by atoms with Crippen molar-refractivity contribution >= 4 is 5.97 Å². The molecule has 0 aliphatic carbocycles. The van der Waals surface area contributed by atoms with Crippen molar-refractivity contribution in [2.24, 2.45) is 0 Å². The van der Waals surface area contributed by atoms with Gasteiger partial charge in [0.1, 0.15) is 11.2 Å². The maximum atomic E-state index is 11.5. The van der Waals surface area contributed by atoms with Gasteiger partial charge >= 0.3 is 5.97 Å². The number of hydrogen-bond acceptors (Lipinski definition) is 3. The Morgan fingerprint density at radius 3 is 2.37 bits per heavy atom. The predicted octanol–water partition coefficient (Wildman–Crippen LogP) is 2.35. The van der Waals surface area contributed by atoms with Crippen LogP contribution in [-0.4, -0.2) is 31.4 Å². The van der Waals surface area contributed by atoms with Gasteiger partial charge < -0.3 is 14.6 Å². The van der Waals surface area contributed by atoms with Gasteiger partial charge in [-0.1, -0.05) is 32.9 Å². The zero-order valence-electron chi connectivity index (χ0n) is 11.8. The molecular formula is C15H20O4.